The summed E-state index contributed by atoms with van der Waals surface area (Å²) in [5.41, 5.74) is 4.29. The minimum Gasteiger partial charge on any atom is -0.423 e. The first-order chi connectivity index (χ1) is 13.8. The molecule has 29 heavy (non-hydrogen) atoms. The fourth-order valence-corrected chi connectivity index (χ4v) is 3.93. The van der Waals surface area contributed by atoms with Crippen LogP contribution in [0, 0.1) is 20.8 Å². The first kappa shape index (κ1) is 20.5. The second-order valence-corrected chi connectivity index (χ2v) is 7.56. The maximum absolute atomic E-state index is 12.2. The number of aromatic nitrogens is 1. The summed E-state index contributed by atoms with van der Waals surface area (Å²) < 4.78 is 5.50. The Bertz CT molecular complexity index is 1050. The summed E-state index contributed by atoms with van der Waals surface area (Å²) in [5.74, 6) is -0.0250. The number of benzene rings is 2. The molecule has 0 saturated heterocycles. The average molecular weight is 407 g/mol. The first-order valence-electron chi connectivity index (χ1n) is 9.14. The van der Waals surface area contributed by atoms with Gasteiger partial charge in [0.25, 0.3) is 0 Å². The van der Waals surface area contributed by atoms with Crippen LogP contribution in [0.15, 0.2) is 53.9 Å². The van der Waals surface area contributed by atoms with E-state index in [9.17, 15) is 9.59 Å². The Morgan fingerprint density at radius 2 is 1.72 bits per heavy atom. The van der Waals surface area contributed by atoms with Gasteiger partial charge in [-0.15, -0.1) is 11.3 Å². The molecule has 0 radical (unpaired) electrons. The number of ether oxygens (including phenoxy) is 1. The molecule has 0 aliphatic carbocycles. The highest BCUT2D eigenvalue weighted by Crippen LogP contribution is 2.29. The minimum atomic E-state index is -0.471. The molecule has 0 aliphatic rings. The van der Waals surface area contributed by atoms with E-state index in [0.717, 1.165) is 22.4 Å². The molecule has 0 unspecified atom stereocenters. The van der Waals surface area contributed by atoms with Crippen LogP contribution < -0.4 is 9.64 Å². The van der Waals surface area contributed by atoms with E-state index in [1.54, 1.807) is 16.4 Å². The molecule has 2 aromatic carbocycles. The third-order valence-corrected chi connectivity index (χ3v) is 5.07. The minimum absolute atomic E-state index is 0.134. The van der Waals surface area contributed by atoms with Crippen molar-refractivity contribution < 1.29 is 14.3 Å². The molecule has 1 heterocycles. The van der Waals surface area contributed by atoms with E-state index in [0.29, 0.717) is 16.6 Å². The molecule has 0 saturated carbocycles. The lowest BCUT2D eigenvalue weighted by atomic mass is 10.1. The predicted octanol–water partition coefficient (Wildman–Crippen LogP) is 5.37. The van der Waals surface area contributed by atoms with E-state index >= 15 is 0 Å². The molecule has 1 aromatic heterocycles. The van der Waals surface area contributed by atoms with Crippen LogP contribution in [0.3, 0.4) is 0 Å². The highest BCUT2D eigenvalue weighted by atomic mass is 32.1. The number of amides is 1. The van der Waals surface area contributed by atoms with Gasteiger partial charge >= 0.3 is 5.97 Å². The van der Waals surface area contributed by atoms with Crippen LogP contribution in [0.2, 0.25) is 0 Å². The lowest BCUT2D eigenvalue weighted by Gasteiger charge is -2.17. The van der Waals surface area contributed by atoms with Crippen LogP contribution in [0.1, 0.15) is 29.3 Å². The SMILES string of the molecule is CC(=O)N(c1ccccc1)c1nc(/C=C/C(=O)Oc2c(C)cc(C)cc2C)cs1. The van der Waals surface area contributed by atoms with Crippen LogP contribution in [-0.4, -0.2) is 16.9 Å². The van der Waals surface area contributed by atoms with Gasteiger partial charge in [0.2, 0.25) is 5.91 Å². The lowest BCUT2D eigenvalue weighted by Crippen LogP contribution is -2.22. The van der Waals surface area contributed by atoms with E-state index in [-0.39, 0.29) is 5.91 Å². The first-order valence-corrected chi connectivity index (χ1v) is 10.0. The summed E-state index contributed by atoms with van der Waals surface area (Å²) in [4.78, 5) is 30.4. The second kappa shape index (κ2) is 8.84. The van der Waals surface area contributed by atoms with Crippen LogP contribution in [-0.2, 0) is 9.59 Å². The van der Waals surface area contributed by atoms with Crippen molar-refractivity contribution in [2.24, 2.45) is 0 Å². The van der Waals surface area contributed by atoms with Gasteiger partial charge in [0.15, 0.2) is 5.13 Å². The van der Waals surface area contributed by atoms with E-state index in [1.807, 2.05) is 63.2 Å². The second-order valence-electron chi connectivity index (χ2n) is 6.73. The molecule has 0 aliphatic heterocycles. The topological polar surface area (TPSA) is 59.5 Å². The molecular formula is C23H22N2O3S. The van der Waals surface area contributed by atoms with Crippen molar-refractivity contribution in [1.29, 1.82) is 0 Å². The van der Waals surface area contributed by atoms with Gasteiger partial charge in [-0.25, -0.2) is 9.78 Å². The van der Waals surface area contributed by atoms with Gasteiger partial charge in [-0.05, 0) is 50.1 Å². The number of para-hydroxylation sites is 1. The molecule has 0 fully saturated rings. The number of esters is 1. The Balaban J connectivity index is 1.75. The molecule has 0 spiro atoms. The normalized spacial score (nSPS) is 10.9. The molecule has 1 amide bonds. The number of aryl methyl sites for hydroxylation is 3. The van der Waals surface area contributed by atoms with E-state index in [1.165, 1.54) is 24.3 Å². The summed E-state index contributed by atoms with van der Waals surface area (Å²) in [7, 11) is 0. The van der Waals surface area contributed by atoms with Gasteiger partial charge < -0.3 is 4.74 Å². The highest BCUT2D eigenvalue weighted by Gasteiger charge is 2.17. The van der Waals surface area contributed by atoms with Crippen molar-refractivity contribution in [3.63, 3.8) is 0 Å². The fourth-order valence-electron chi connectivity index (χ4n) is 3.08. The molecule has 0 atom stereocenters. The van der Waals surface area contributed by atoms with Crippen molar-refractivity contribution in [3.05, 3.63) is 76.3 Å². The molecule has 0 bridgehead atoms. The molecule has 3 aromatic rings. The van der Waals surface area contributed by atoms with Crippen molar-refractivity contribution >= 4 is 40.1 Å². The average Bonchev–Trinajstić information content (AvgIpc) is 3.12. The monoisotopic (exact) mass is 406 g/mol. The van der Waals surface area contributed by atoms with Gasteiger partial charge in [0, 0.05) is 18.4 Å². The number of carbonyl (C=O) groups is 2. The molecule has 148 valence electrons. The molecular weight excluding hydrogens is 384 g/mol. The van der Waals surface area contributed by atoms with Crippen LogP contribution >= 0.6 is 11.3 Å². The third-order valence-electron chi connectivity index (χ3n) is 4.23. The number of hydrogen-bond donors (Lipinski definition) is 0. The molecule has 5 nitrogen and oxygen atoms in total. The van der Waals surface area contributed by atoms with E-state index in [4.69, 9.17) is 4.74 Å². The zero-order valence-corrected chi connectivity index (χ0v) is 17.6. The lowest BCUT2D eigenvalue weighted by molar-refractivity contribution is -0.129. The Kier molecular flexibility index (Phi) is 6.24. The van der Waals surface area contributed by atoms with Crippen molar-refractivity contribution in [3.8, 4) is 5.75 Å². The van der Waals surface area contributed by atoms with Crippen LogP contribution in [0.4, 0.5) is 10.8 Å². The number of rotatable bonds is 5. The van der Waals surface area contributed by atoms with Gasteiger partial charge in [-0.3, -0.25) is 9.69 Å². The zero-order valence-electron chi connectivity index (χ0n) is 16.8. The molecule has 6 heteroatoms. The standard InChI is InChI=1S/C23H22N2O3S/c1-15-12-16(2)22(17(3)13-15)28-21(27)11-10-19-14-29-23(24-19)25(18(4)26)20-8-6-5-7-9-20/h5-14H,1-4H3/b11-10+. The molecule has 0 N–H and O–H groups in total. The zero-order chi connectivity index (χ0) is 21.0. The summed E-state index contributed by atoms with van der Waals surface area (Å²) >= 11 is 1.33. The summed E-state index contributed by atoms with van der Waals surface area (Å²) in [6, 6.07) is 13.3. The largest absolute Gasteiger partial charge is 0.423 e. The molecule has 3 rings (SSSR count). The van der Waals surface area contributed by atoms with Gasteiger partial charge in [-0.2, -0.15) is 0 Å². The van der Waals surface area contributed by atoms with Crippen molar-refractivity contribution in [2.45, 2.75) is 27.7 Å². The Labute approximate surface area is 174 Å². The summed E-state index contributed by atoms with van der Waals surface area (Å²) in [6.07, 6.45) is 2.93. The highest BCUT2D eigenvalue weighted by molar-refractivity contribution is 7.14. The van der Waals surface area contributed by atoms with Crippen molar-refractivity contribution in [1.82, 2.24) is 4.98 Å². The summed E-state index contributed by atoms with van der Waals surface area (Å²) in [6.45, 7) is 7.33. The Hall–Kier alpha value is -3.25. The maximum Gasteiger partial charge on any atom is 0.336 e. The smallest absolute Gasteiger partial charge is 0.336 e. The number of hydrogen-bond acceptors (Lipinski definition) is 5. The number of thiazole rings is 1. The van der Waals surface area contributed by atoms with Gasteiger partial charge in [-0.1, -0.05) is 35.9 Å². The Morgan fingerprint density at radius 1 is 1.07 bits per heavy atom. The van der Waals surface area contributed by atoms with Crippen molar-refractivity contribution in [2.75, 3.05) is 4.90 Å². The number of anilines is 2. The fraction of sp³-hybridized carbons (Fsp3) is 0.174. The van der Waals surface area contributed by atoms with E-state index in [2.05, 4.69) is 4.98 Å². The number of nitrogens with zero attached hydrogens (tertiary/aromatic N) is 2. The third kappa shape index (κ3) is 4.97. The van der Waals surface area contributed by atoms with Crippen LogP contribution in [0.5, 0.6) is 5.75 Å². The quantitative estimate of drug-likeness (QED) is 0.325. The van der Waals surface area contributed by atoms with E-state index < -0.39 is 5.97 Å². The van der Waals surface area contributed by atoms with Gasteiger partial charge in [0.05, 0.1) is 11.4 Å². The Morgan fingerprint density at radius 3 is 2.34 bits per heavy atom. The maximum atomic E-state index is 12.2. The van der Waals surface area contributed by atoms with Crippen LogP contribution in [0.25, 0.3) is 6.08 Å². The van der Waals surface area contributed by atoms with Gasteiger partial charge in [0.1, 0.15) is 5.75 Å². The number of carbonyl (C=O) groups excluding carboxylic acids is 2. The predicted molar refractivity (Wildman–Crippen MR) is 117 cm³/mol. The summed E-state index contributed by atoms with van der Waals surface area (Å²) in [5, 5.41) is 2.34.